The predicted octanol–water partition coefficient (Wildman–Crippen LogP) is 23.8. The van der Waals surface area contributed by atoms with Crippen molar-refractivity contribution in [1.82, 2.24) is 99.7 Å². The Morgan fingerprint density at radius 3 is 0.993 bits per heavy atom. The Balaban J connectivity index is 0.000000127. The molecule has 0 radical (unpaired) electrons. The molecule has 0 spiro atoms. The fourth-order valence-electron chi connectivity index (χ4n) is 20.5. The van der Waals surface area contributed by atoms with Crippen LogP contribution in [0.4, 0.5) is 39.4 Å². The third-order valence-electron chi connectivity index (χ3n) is 28.3. The number of imidazole rings is 5. The molecule has 0 atom stereocenters. The number of benzene rings is 5. The number of morpholine rings is 1. The molecule has 15 aromatic rings. The Morgan fingerprint density at radius 2 is 0.638 bits per heavy atom. The van der Waals surface area contributed by atoms with Gasteiger partial charge in [0.25, 0.3) is 0 Å². The molecule has 6 fully saturated rings. The number of aromatic amines is 5. The van der Waals surface area contributed by atoms with Crippen molar-refractivity contribution in [1.29, 1.82) is 0 Å². The molecule has 21 rings (SSSR count). The number of nitrogens with zero attached hydrogens (tertiary/aromatic N) is 21. The van der Waals surface area contributed by atoms with Gasteiger partial charge < -0.3 is 78.0 Å². The van der Waals surface area contributed by atoms with Crippen molar-refractivity contribution in [3.63, 3.8) is 0 Å². The zero-order valence-corrected chi connectivity index (χ0v) is 90.5. The van der Waals surface area contributed by atoms with Crippen LogP contribution in [0, 0.1) is 61.2 Å². The highest BCUT2D eigenvalue weighted by atomic mass is 35.5. The van der Waals surface area contributed by atoms with Gasteiger partial charge in [-0.15, -0.1) is 0 Å². The van der Waals surface area contributed by atoms with E-state index in [-0.39, 0.29) is 30.2 Å². The summed E-state index contributed by atoms with van der Waals surface area (Å²) in [5.74, 6) is 7.48. The smallest absolute Gasteiger partial charge is 0.318 e. The Labute approximate surface area is 888 Å². The van der Waals surface area contributed by atoms with Crippen LogP contribution < -0.4 is 48.3 Å². The van der Waals surface area contributed by atoms with E-state index >= 15 is 0 Å². The molecule has 6 aliphatic rings. The largest absolute Gasteiger partial charge is 0.461 e. The quantitative estimate of drug-likeness (QED) is 0.0375. The number of rotatable bonds is 24. The molecule has 5 N–H and O–H groups in total. The van der Waals surface area contributed by atoms with E-state index in [1.54, 1.807) is 50.8 Å². The Morgan fingerprint density at radius 1 is 0.302 bits per heavy atom. The van der Waals surface area contributed by atoms with Crippen molar-refractivity contribution in [3.8, 4) is 79.7 Å². The Bertz CT molecular complexity index is 6920. The third-order valence-corrected chi connectivity index (χ3v) is 29.1. The van der Waals surface area contributed by atoms with Gasteiger partial charge in [-0.25, -0.2) is 54.2 Å². The maximum atomic E-state index is 13.8. The molecule has 6 aliphatic heterocycles. The molecular formula is C114H138Cl3FN26O5. The highest BCUT2D eigenvalue weighted by Gasteiger charge is 2.35. The number of hydrogen-bond acceptors (Lipinski definition) is 26. The van der Waals surface area contributed by atoms with E-state index in [9.17, 15) is 4.39 Å². The summed E-state index contributed by atoms with van der Waals surface area (Å²) >= 11 is 18.9. The fraction of sp³-hybridized carbons (Fsp3) is 0.430. The summed E-state index contributed by atoms with van der Waals surface area (Å²) in [7, 11) is 0. The lowest BCUT2D eigenvalue weighted by Gasteiger charge is -2.34. The van der Waals surface area contributed by atoms with Crippen molar-refractivity contribution < 1.29 is 28.1 Å². The van der Waals surface area contributed by atoms with Crippen LogP contribution in [0.5, 0.6) is 24.0 Å². The van der Waals surface area contributed by atoms with E-state index in [2.05, 4.69) is 166 Å². The highest BCUT2D eigenvalue weighted by molar-refractivity contribution is 6.33. The summed E-state index contributed by atoms with van der Waals surface area (Å²) in [4.78, 5) is 99.2. The first-order valence-electron chi connectivity index (χ1n) is 52.3. The van der Waals surface area contributed by atoms with Gasteiger partial charge in [0.15, 0.2) is 0 Å². The van der Waals surface area contributed by atoms with E-state index in [1.165, 1.54) is 62.6 Å². The van der Waals surface area contributed by atoms with E-state index < -0.39 is 0 Å². The van der Waals surface area contributed by atoms with Gasteiger partial charge in [0.1, 0.15) is 34.9 Å². The molecule has 149 heavy (non-hydrogen) atoms. The molecule has 10 aromatic heterocycles. The van der Waals surface area contributed by atoms with Crippen LogP contribution in [-0.4, -0.2) is 216 Å². The van der Waals surface area contributed by atoms with Crippen molar-refractivity contribution in [2.24, 2.45) is 0 Å². The van der Waals surface area contributed by atoms with Crippen LogP contribution in [0.1, 0.15) is 223 Å². The third kappa shape index (κ3) is 26.8. The van der Waals surface area contributed by atoms with E-state index in [0.717, 1.165) is 245 Å². The molecule has 782 valence electrons. The standard InChI is InChI=1S/C24H31N5O.C23H27ClN6O.C23H28FN5O.2C22H26ClN5O/c1-15(2)30-24-25-13-21(20-12-16(3)6-7-17(20)4)23(28-24)29-10-8-19(9-11-29)22-18(5)26-14-27-22;1-16-21(27-15-26-16)17-6-8-29(9-7-17)22-19(18-4-2-3-5-20(18)24)14-25-23(28-22)30-10-12-31-13-11-30;1-14(2)30-23-25-12-19(18-5-6-20(24)15(3)11-18)22(28-23)29-9-7-17(8-10-29)21-16(4)26-13-27-21;1-14(2)29-22-24-12-19(16-4-6-18(23)7-5-16)21(27-22)28-10-8-17(9-11-28)20-15(3)25-13-26-20;1-14(2)29-22-24-12-19(17-5-4-6-18(23)11-17)21(27-22)28-9-7-16(8-10-28)20-15(3)25-13-26-20/h6-7,12-15,19H,8-11H2,1-5H3,(H,26,27);2-5,14-15,17H,6-13H2,1H3,(H,26,27);5-6,11-14,17H,7-10H2,1-4H3,(H,26,27);4-7,12-14,17H,8-11H2,1-3H3,(H,25,26);4-6,11-14,16H,7-10H2,1-3H3,(H,25,26). The van der Waals surface area contributed by atoms with Crippen LogP contribution in [0.3, 0.4) is 0 Å². The number of ether oxygens (including phenoxy) is 5. The second-order valence-electron chi connectivity index (χ2n) is 40.4. The second kappa shape index (κ2) is 49.6. The van der Waals surface area contributed by atoms with Gasteiger partial charge >= 0.3 is 24.0 Å². The zero-order chi connectivity index (χ0) is 104. The molecular weight excluding hydrogens is 1940 g/mol. The monoisotopic (exact) mass is 2080 g/mol. The predicted molar refractivity (Wildman–Crippen MR) is 590 cm³/mol. The van der Waals surface area contributed by atoms with Gasteiger partial charge in [0, 0.05) is 216 Å². The number of aromatic nitrogens is 20. The lowest BCUT2D eigenvalue weighted by molar-refractivity contribution is 0.122. The Kier molecular flexibility index (Phi) is 35.5. The number of hydrogen-bond donors (Lipinski definition) is 5. The molecule has 35 heteroatoms. The Hall–Kier alpha value is -13.7. The van der Waals surface area contributed by atoms with Crippen LogP contribution >= 0.6 is 34.8 Å². The molecule has 6 saturated heterocycles. The minimum atomic E-state index is -0.212. The van der Waals surface area contributed by atoms with E-state index in [0.29, 0.717) is 87.5 Å². The molecule has 0 aliphatic carbocycles. The van der Waals surface area contributed by atoms with Crippen LogP contribution in [0.15, 0.2) is 172 Å². The summed E-state index contributed by atoms with van der Waals surface area (Å²) in [6.45, 7) is 44.4. The van der Waals surface area contributed by atoms with E-state index in [1.807, 2.05) is 159 Å². The number of H-pyrrole nitrogens is 5. The highest BCUT2D eigenvalue weighted by Crippen LogP contribution is 2.45. The second-order valence-corrected chi connectivity index (χ2v) is 41.7. The van der Waals surface area contributed by atoms with E-state index in [4.69, 9.17) is 88.4 Å². The molecule has 31 nitrogen and oxygen atoms in total. The van der Waals surface area contributed by atoms with Crippen molar-refractivity contribution in [3.05, 3.63) is 266 Å². The van der Waals surface area contributed by atoms with Gasteiger partial charge in [0.05, 0.1) is 97.7 Å². The molecule has 0 saturated carbocycles. The normalized spacial score (nSPS) is 15.7. The van der Waals surface area contributed by atoms with Crippen LogP contribution in [-0.2, 0) is 4.74 Å². The first-order chi connectivity index (χ1) is 72.1. The van der Waals surface area contributed by atoms with Gasteiger partial charge in [-0.05, 0) is 251 Å². The van der Waals surface area contributed by atoms with Gasteiger partial charge in [-0.1, -0.05) is 107 Å². The molecule has 0 bridgehead atoms. The minimum absolute atomic E-state index is 0.00913. The van der Waals surface area contributed by atoms with Gasteiger partial charge in [0.2, 0.25) is 5.95 Å². The molecule has 0 amide bonds. The number of piperidine rings is 5. The topological polar surface area (TPSA) is 338 Å². The van der Waals surface area contributed by atoms with Crippen LogP contribution in [0.2, 0.25) is 15.1 Å². The first kappa shape index (κ1) is 107. The van der Waals surface area contributed by atoms with Gasteiger partial charge in [-0.2, -0.15) is 24.9 Å². The van der Waals surface area contributed by atoms with Crippen molar-refractivity contribution in [2.75, 3.05) is 121 Å². The number of aryl methyl sites for hydroxylation is 8. The van der Waals surface area contributed by atoms with Crippen LogP contribution in [0.25, 0.3) is 55.6 Å². The maximum Gasteiger partial charge on any atom is 0.318 e. The van der Waals surface area contributed by atoms with Crippen molar-refractivity contribution >= 4 is 69.8 Å². The average Bonchev–Trinajstić information content (AvgIpc) is 1.52. The SMILES string of the molecule is Cc1[nH]cnc1C1CCN(c2nc(N3CCOCC3)ncc2-c2ccccc2Cl)CC1.Cc1[nH]cnc1C1CCN(c2nc(OC(C)C)ncc2-c2ccc(Cl)cc2)CC1.Cc1[nH]cnc1C1CCN(c2nc(OC(C)C)ncc2-c2cccc(Cl)c2)CC1.Cc1cc(-c2cnc(OC(C)C)nc2N2CCC(c3nc[nH]c3C)CC2)ccc1F.Cc1ccc(C)c(-c2cnc(OC(C)C)nc2N2CCC(c3nc[nH]c3C)CC2)c1. The molecule has 0 unspecified atom stereocenters. The summed E-state index contributed by atoms with van der Waals surface area (Å²) in [6, 6.07) is 36.8. The number of halogens is 4. The zero-order valence-electron chi connectivity index (χ0n) is 88.3. The minimum Gasteiger partial charge on any atom is -0.461 e. The summed E-state index contributed by atoms with van der Waals surface area (Å²) in [5, 5.41) is 2.13. The summed E-state index contributed by atoms with van der Waals surface area (Å²) in [6.07, 6.45) is 28.7. The lowest BCUT2D eigenvalue weighted by Crippen LogP contribution is -2.38. The maximum absolute atomic E-state index is 13.8. The molecule has 16 heterocycles. The summed E-state index contributed by atoms with van der Waals surface area (Å²) < 4.78 is 42.4. The summed E-state index contributed by atoms with van der Waals surface area (Å²) in [5.41, 5.74) is 24.9. The fourth-order valence-corrected chi connectivity index (χ4v) is 21.1. The average molecular weight is 2080 g/mol. The lowest BCUT2D eigenvalue weighted by atomic mass is 9.92. The van der Waals surface area contributed by atoms with Gasteiger partial charge in [-0.3, -0.25) is 0 Å². The molecule has 5 aromatic carbocycles. The number of nitrogens with one attached hydrogen (secondary N) is 5. The number of anilines is 6. The first-order valence-corrected chi connectivity index (χ1v) is 53.4. The van der Waals surface area contributed by atoms with Crippen molar-refractivity contribution in [2.45, 2.75) is 229 Å².